The summed E-state index contributed by atoms with van der Waals surface area (Å²) in [6.07, 6.45) is 1.23. The van der Waals surface area contributed by atoms with Gasteiger partial charge >= 0.3 is 0 Å². The van der Waals surface area contributed by atoms with Gasteiger partial charge in [0.2, 0.25) is 15.9 Å². The molecule has 2 aromatic carbocycles. The average molecular weight is 475 g/mol. The lowest BCUT2D eigenvalue weighted by Gasteiger charge is -2.38. The normalized spacial score (nSPS) is 18.9. The fraction of sp³-hybridized carbons (Fsp3) is 0.458. The standard InChI is InChI=1S/C24H30N2O6S/c1-18-3-9-21(10-4-18)33(28,29)25-22(19-5-7-20(30-2)8-6-19)17-23(27)26-13-11-24(12-14-26)31-15-16-32-24/h3-10,22,25H,11-17H2,1-2H3/t22-/m0/s1. The number of piperidine rings is 1. The molecule has 1 amide bonds. The molecule has 0 aliphatic carbocycles. The lowest BCUT2D eigenvalue weighted by molar-refractivity contribution is -0.187. The van der Waals surface area contributed by atoms with E-state index in [-0.39, 0.29) is 17.2 Å². The SMILES string of the molecule is COc1ccc([C@H](CC(=O)N2CCC3(CC2)OCCO3)NS(=O)(=O)c2ccc(C)cc2)cc1. The van der Waals surface area contributed by atoms with E-state index >= 15 is 0 Å². The summed E-state index contributed by atoms with van der Waals surface area (Å²) < 4.78 is 45.6. The van der Waals surface area contributed by atoms with Crippen LogP contribution in [0.2, 0.25) is 0 Å². The van der Waals surface area contributed by atoms with Crippen molar-refractivity contribution in [2.24, 2.45) is 0 Å². The first kappa shape index (κ1) is 23.7. The van der Waals surface area contributed by atoms with Crippen LogP contribution in [0.15, 0.2) is 53.4 Å². The van der Waals surface area contributed by atoms with Gasteiger partial charge in [0.1, 0.15) is 5.75 Å². The van der Waals surface area contributed by atoms with Gasteiger partial charge in [-0.2, -0.15) is 0 Å². The number of aryl methyl sites for hydroxylation is 1. The molecule has 2 aromatic rings. The number of nitrogens with zero attached hydrogens (tertiary/aromatic N) is 1. The summed E-state index contributed by atoms with van der Waals surface area (Å²) in [4.78, 5) is 15.1. The quantitative estimate of drug-likeness (QED) is 0.663. The molecule has 9 heteroatoms. The summed E-state index contributed by atoms with van der Waals surface area (Å²) in [5, 5.41) is 0. The van der Waals surface area contributed by atoms with E-state index < -0.39 is 21.9 Å². The predicted octanol–water partition coefficient (Wildman–Crippen LogP) is 2.78. The van der Waals surface area contributed by atoms with E-state index in [9.17, 15) is 13.2 Å². The van der Waals surface area contributed by atoms with Crippen LogP contribution >= 0.6 is 0 Å². The van der Waals surface area contributed by atoms with Crippen LogP contribution in [0.5, 0.6) is 5.75 Å². The van der Waals surface area contributed by atoms with Gasteiger partial charge in [-0.05, 0) is 36.8 Å². The lowest BCUT2D eigenvalue weighted by Crippen LogP contribution is -2.48. The molecule has 0 bridgehead atoms. The number of carbonyl (C=O) groups is 1. The summed E-state index contributed by atoms with van der Waals surface area (Å²) in [6.45, 7) is 4.08. The Labute approximate surface area is 194 Å². The Bertz CT molecular complexity index is 1050. The van der Waals surface area contributed by atoms with Crippen LogP contribution in [0.3, 0.4) is 0 Å². The molecule has 0 unspecified atom stereocenters. The van der Waals surface area contributed by atoms with Gasteiger partial charge in [0.15, 0.2) is 5.79 Å². The van der Waals surface area contributed by atoms with Crippen molar-refractivity contribution < 1.29 is 27.4 Å². The first-order valence-corrected chi connectivity index (χ1v) is 12.6. The van der Waals surface area contributed by atoms with E-state index in [1.54, 1.807) is 60.5 Å². The largest absolute Gasteiger partial charge is 0.497 e. The zero-order valence-corrected chi connectivity index (χ0v) is 19.8. The highest BCUT2D eigenvalue weighted by molar-refractivity contribution is 7.89. The molecule has 1 N–H and O–H groups in total. The molecule has 33 heavy (non-hydrogen) atoms. The maximum atomic E-state index is 13.2. The van der Waals surface area contributed by atoms with Gasteiger partial charge in [-0.25, -0.2) is 13.1 Å². The molecule has 2 saturated heterocycles. The molecule has 2 aliphatic rings. The summed E-state index contributed by atoms with van der Waals surface area (Å²) in [5.74, 6) is -0.0301. The number of methoxy groups -OCH3 is 1. The monoisotopic (exact) mass is 474 g/mol. The lowest BCUT2D eigenvalue weighted by atomic mass is 10.0. The molecule has 8 nitrogen and oxygen atoms in total. The smallest absolute Gasteiger partial charge is 0.241 e. The van der Waals surface area contributed by atoms with E-state index in [0.717, 1.165) is 5.56 Å². The van der Waals surface area contributed by atoms with Crippen LogP contribution in [0, 0.1) is 6.92 Å². The van der Waals surface area contributed by atoms with Crippen LogP contribution in [0.25, 0.3) is 0 Å². The van der Waals surface area contributed by atoms with Crippen molar-refractivity contribution in [3.63, 3.8) is 0 Å². The number of nitrogens with one attached hydrogen (secondary N) is 1. The molecular formula is C24H30N2O6S. The Kier molecular flexibility index (Phi) is 7.04. The minimum absolute atomic E-state index is 0.00609. The molecule has 0 radical (unpaired) electrons. The van der Waals surface area contributed by atoms with Gasteiger partial charge in [-0.1, -0.05) is 29.8 Å². The summed E-state index contributed by atoms with van der Waals surface area (Å²) in [6, 6.07) is 13.0. The third-order valence-corrected chi connectivity index (χ3v) is 7.70. The fourth-order valence-corrected chi connectivity index (χ4v) is 5.45. The Morgan fingerprint density at radius 1 is 1.06 bits per heavy atom. The van der Waals surface area contributed by atoms with Crippen molar-refractivity contribution in [2.45, 2.75) is 42.9 Å². The minimum Gasteiger partial charge on any atom is -0.497 e. The average Bonchev–Trinajstić information content (AvgIpc) is 3.27. The number of hydrogen-bond donors (Lipinski definition) is 1. The van der Waals surface area contributed by atoms with Crippen molar-refractivity contribution in [3.05, 3.63) is 59.7 Å². The highest BCUT2D eigenvalue weighted by Gasteiger charge is 2.41. The third kappa shape index (κ3) is 5.55. The Morgan fingerprint density at radius 2 is 1.67 bits per heavy atom. The van der Waals surface area contributed by atoms with Crippen molar-refractivity contribution >= 4 is 15.9 Å². The van der Waals surface area contributed by atoms with E-state index in [1.165, 1.54) is 0 Å². The number of amides is 1. The highest BCUT2D eigenvalue weighted by atomic mass is 32.2. The molecule has 0 aromatic heterocycles. The predicted molar refractivity (Wildman–Crippen MR) is 122 cm³/mol. The molecule has 0 saturated carbocycles. The van der Waals surface area contributed by atoms with Gasteiger partial charge in [0, 0.05) is 32.4 Å². The number of likely N-dealkylation sites (tertiary alicyclic amines) is 1. The summed E-state index contributed by atoms with van der Waals surface area (Å²) in [5.41, 5.74) is 1.66. The van der Waals surface area contributed by atoms with Crippen LogP contribution in [-0.4, -0.2) is 58.4 Å². The summed E-state index contributed by atoms with van der Waals surface area (Å²) in [7, 11) is -2.26. The molecule has 1 spiro atoms. The minimum atomic E-state index is -3.83. The van der Waals surface area contributed by atoms with E-state index in [4.69, 9.17) is 14.2 Å². The number of sulfonamides is 1. The van der Waals surface area contributed by atoms with Gasteiger partial charge in [-0.3, -0.25) is 4.79 Å². The molecule has 2 fully saturated rings. The van der Waals surface area contributed by atoms with Crippen LogP contribution in [-0.2, 0) is 24.3 Å². The summed E-state index contributed by atoms with van der Waals surface area (Å²) >= 11 is 0. The van der Waals surface area contributed by atoms with E-state index in [1.807, 2.05) is 6.92 Å². The second-order valence-corrected chi connectivity index (χ2v) is 10.2. The van der Waals surface area contributed by atoms with Crippen LogP contribution < -0.4 is 9.46 Å². The first-order chi connectivity index (χ1) is 15.8. The van der Waals surface area contributed by atoms with Crippen molar-refractivity contribution in [1.82, 2.24) is 9.62 Å². The van der Waals surface area contributed by atoms with E-state index in [2.05, 4.69) is 4.72 Å². The van der Waals surface area contributed by atoms with Crippen molar-refractivity contribution in [3.8, 4) is 5.75 Å². The topological polar surface area (TPSA) is 94.2 Å². The maximum Gasteiger partial charge on any atom is 0.241 e. The highest BCUT2D eigenvalue weighted by Crippen LogP contribution is 2.32. The number of carbonyl (C=O) groups excluding carboxylic acids is 1. The molecular weight excluding hydrogens is 444 g/mol. The van der Waals surface area contributed by atoms with Crippen molar-refractivity contribution in [1.29, 1.82) is 0 Å². The molecule has 2 heterocycles. The second kappa shape index (κ2) is 9.80. The Balaban J connectivity index is 1.51. The fourth-order valence-electron chi connectivity index (χ4n) is 4.22. The molecule has 178 valence electrons. The Morgan fingerprint density at radius 3 is 2.24 bits per heavy atom. The Hall–Kier alpha value is -2.46. The second-order valence-electron chi connectivity index (χ2n) is 8.45. The number of ether oxygens (including phenoxy) is 3. The van der Waals surface area contributed by atoms with Crippen LogP contribution in [0.4, 0.5) is 0 Å². The van der Waals surface area contributed by atoms with Gasteiger partial charge < -0.3 is 19.1 Å². The van der Waals surface area contributed by atoms with Crippen molar-refractivity contribution in [2.75, 3.05) is 33.4 Å². The third-order valence-electron chi connectivity index (χ3n) is 6.22. The number of hydrogen-bond acceptors (Lipinski definition) is 6. The zero-order chi connectivity index (χ0) is 23.5. The van der Waals surface area contributed by atoms with Gasteiger partial charge in [0.05, 0.1) is 31.3 Å². The number of benzene rings is 2. The van der Waals surface area contributed by atoms with Gasteiger partial charge in [0.25, 0.3) is 0 Å². The zero-order valence-electron chi connectivity index (χ0n) is 19.0. The first-order valence-electron chi connectivity index (χ1n) is 11.1. The van der Waals surface area contributed by atoms with Gasteiger partial charge in [-0.15, -0.1) is 0 Å². The van der Waals surface area contributed by atoms with Crippen LogP contribution in [0.1, 0.15) is 36.4 Å². The molecule has 4 rings (SSSR count). The molecule has 2 aliphatic heterocycles. The number of rotatable bonds is 7. The van der Waals surface area contributed by atoms with E-state index in [0.29, 0.717) is 50.5 Å². The molecule has 1 atom stereocenters. The maximum absolute atomic E-state index is 13.2.